The summed E-state index contributed by atoms with van der Waals surface area (Å²) in [4.78, 5) is 10.3. The van der Waals surface area contributed by atoms with E-state index in [0.717, 1.165) is 16.0 Å². The first-order chi connectivity index (χ1) is 7.18. The third-order valence-electron chi connectivity index (χ3n) is 2.48. The summed E-state index contributed by atoms with van der Waals surface area (Å²) in [5.74, 6) is 3.26. The third kappa shape index (κ3) is 2.57. The molecule has 15 heavy (non-hydrogen) atoms. The molecule has 1 aliphatic rings. The van der Waals surface area contributed by atoms with Crippen LogP contribution in [0.25, 0.3) is 0 Å². The number of halogens is 2. The fourth-order valence-corrected chi connectivity index (χ4v) is 3.45. The van der Waals surface area contributed by atoms with Gasteiger partial charge in [0.05, 0.1) is 4.47 Å². The molecule has 0 radical (unpaired) electrons. The van der Waals surface area contributed by atoms with E-state index in [9.17, 15) is 0 Å². The van der Waals surface area contributed by atoms with Gasteiger partial charge in [0, 0.05) is 25.0 Å². The van der Waals surface area contributed by atoms with Gasteiger partial charge in [0.1, 0.15) is 5.82 Å². The molecule has 1 aliphatic heterocycles. The second kappa shape index (κ2) is 4.89. The minimum atomic E-state index is 0.297. The van der Waals surface area contributed by atoms with Crippen molar-refractivity contribution in [1.29, 1.82) is 0 Å². The molecule has 0 N–H and O–H groups in total. The van der Waals surface area contributed by atoms with E-state index < -0.39 is 0 Å². The fourth-order valence-electron chi connectivity index (χ4n) is 1.59. The van der Waals surface area contributed by atoms with Gasteiger partial charge in [0.2, 0.25) is 5.28 Å². The minimum absolute atomic E-state index is 0.297. The summed E-state index contributed by atoms with van der Waals surface area (Å²) in [6.07, 6.45) is 2.90. The number of anilines is 1. The Morgan fingerprint density at radius 3 is 3.13 bits per heavy atom. The van der Waals surface area contributed by atoms with Gasteiger partial charge in [-0.3, -0.25) is 0 Å². The first kappa shape index (κ1) is 11.5. The topological polar surface area (TPSA) is 29.0 Å². The molecule has 0 amide bonds. The van der Waals surface area contributed by atoms with Crippen molar-refractivity contribution in [2.75, 3.05) is 23.5 Å². The molecule has 1 saturated heterocycles. The molecule has 1 aromatic heterocycles. The molecule has 1 aromatic rings. The maximum Gasteiger partial charge on any atom is 0.224 e. The number of hydrogen-bond donors (Lipinski definition) is 0. The van der Waals surface area contributed by atoms with Crippen molar-refractivity contribution in [2.45, 2.75) is 12.5 Å². The van der Waals surface area contributed by atoms with E-state index in [2.05, 4.69) is 37.8 Å². The van der Waals surface area contributed by atoms with Gasteiger partial charge in [0.15, 0.2) is 0 Å². The smallest absolute Gasteiger partial charge is 0.224 e. The molecule has 0 spiro atoms. The molecule has 6 heteroatoms. The summed E-state index contributed by atoms with van der Waals surface area (Å²) < 4.78 is 0.895. The second-order valence-electron chi connectivity index (χ2n) is 3.44. The maximum atomic E-state index is 5.79. The van der Waals surface area contributed by atoms with E-state index in [1.807, 2.05) is 11.8 Å². The van der Waals surface area contributed by atoms with Crippen molar-refractivity contribution in [1.82, 2.24) is 9.97 Å². The minimum Gasteiger partial charge on any atom is -0.355 e. The van der Waals surface area contributed by atoms with Crippen LogP contribution in [0.4, 0.5) is 5.82 Å². The van der Waals surface area contributed by atoms with Gasteiger partial charge in [-0.25, -0.2) is 4.98 Å². The number of thioether (sulfide) groups is 1. The molecule has 1 unspecified atom stereocenters. The van der Waals surface area contributed by atoms with Crippen molar-refractivity contribution in [3.8, 4) is 0 Å². The molecule has 0 bridgehead atoms. The largest absolute Gasteiger partial charge is 0.355 e. The molecular formula is C9H11BrClN3S. The highest BCUT2D eigenvalue weighted by atomic mass is 79.9. The molecule has 0 saturated carbocycles. The quantitative estimate of drug-likeness (QED) is 0.786. The predicted molar refractivity (Wildman–Crippen MR) is 68.9 cm³/mol. The number of hydrogen-bond acceptors (Lipinski definition) is 4. The molecule has 1 atom stereocenters. The Kier molecular flexibility index (Phi) is 3.74. The Labute approximate surface area is 107 Å². The molecule has 0 aromatic carbocycles. The van der Waals surface area contributed by atoms with Gasteiger partial charge in [-0.2, -0.15) is 16.7 Å². The van der Waals surface area contributed by atoms with Crippen LogP contribution in [0.5, 0.6) is 0 Å². The normalized spacial score (nSPS) is 20.6. The number of nitrogens with zero attached hydrogens (tertiary/aromatic N) is 3. The highest BCUT2D eigenvalue weighted by Gasteiger charge is 2.22. The van der Waals surface area contributed by atoms with Gasteiger partial charge >= 0.3 is 0 Å². The highest BCUT2D eigenvalue weighted by molar-refractivity contribution is 9.10. The van der Waals surface area contributed by atoms with Crippen LogP contribution in [0.15, 0.2) is 10.7 Å². The second-order valence-corrected chi connectivity index (χ2v) is 5.78. The average molecular weight is 309 g/mol. The average Bonchev–Trinajstić information content (AvgIpc) is 2.74. The van der Waals surface area contributed by atoms with Crippen LogP contribution >= 0.6 is 39.3 Å². The number of rotatable bonds is 2. The van der Waals surface area contributed by atoms with E-state index in [-0.39, 0.29) is 0 Å². The first-order valence-corrected chi connectivity index (χ1v) is 6.99. The lowest BCUT2D eigenvalue weighted by molar-refractivity contribution is 0.689. The van der Waals surface area contributed by atoms with E-state index in [1.54, 1.807) is 6.20 Å². The van der Waals surface area contributed by atoms with Gasteiger partial charge in [0.25, 0.3) is 0 Å². The molecule has 2 heterocycles. The number of aromatic nitrogens is 2. The van der Waals surface area contributed by atoms with Crippen LogP contribution in [0, 0.1) is 0 Å². The van der Waals surface area contributed by atoms with Gasteiger partial charge < -0.3 is 4.90 Å². The molecule has 2 rings (SSSR count). The fraction of sp³-hybridized carbons (Fsp3) is 0.556. The summed E-state index contributed by atoms with van der Waals surface area (Å²) in [5, 5.41) is 0.297. The van der Waals surface area contributed by atoms with E-state index in [0.29, 0.717) is 11.3 Å². The third-order valence-corrected chi connectivity index (χ3v) is 4.37. The molecular weight excluding hydrogens is 298 g/mol. The van der Waals surface area contributed by atoms with Gasteiger partial charge in [-0.05, 0) is 39.7 Å². The van der Waals surface area contributed by atoms with E-state index >= 15 is 0 Å². The summed E-state index contributed by atoms with van der Waals surface area (Å²) in [5.41, 5.74) is 0. The van der Waals surface area contributed by atoms with Crippen molar-refractivity contribution in [3.63, 3.8) is 0 Å². The molecule has 3 nitrogen and oxygen atoms in total. The lowest BCUT2D eigenvalue weighted by Gasteiger charge is -2.25. The molecule has 82 valence electrons. The first-order valence-electron chi connectivity index (χ1n) is 4.67. The monoisotopic (exact) mass is 307 g/mol. The van der Waals surface area contributed by atoms with Crippen molar-refractivity contribution in [2.24, 2.45) is 0 Å². The SMILES string of the molecule is CN(c1nc(Cl)ncc1Br)C1CCSC1. The van der Waals surface area contributed by atoms with Crippen LogP contribution in [0.1, 0.15) is 6.42 Å². The Morgan fingerprint density at radius 2 is 2.47 bits per heavy atom. The van der Waals surface area contributed by atoms with Crippen LogP contribution in [-0.4, -0.2) is 34.6 Å². The van der Waals surface area contributed by atoms with E-state index in [1.165, 1.54) is 12.2 Å². The molecule has 1 fully saturated rings. The molecule has 0 aliphatic carbocycles. The zero-order chi connectivity index (χ0) is 10.8. The maximum absolute atomic E-state index is 5.79. The van der Waals surface area contributed by atoms with Crippen molar-refractivity contribution >= 4 is 45.1 Å². The Bertz CT molecular complexity index is 357. The van der Waals surface area contributed by atoms with Crippen LogP contribution in [-0.2, 0) is 0 Å². The Morgan fingerprint density at radius 1 is 1.67 bits per heavy atom. The van der Waals surface area contributed by atoms with Crippen molar-refractivity contribution < 1.29 is 0 Å². The summed E-state index contributed by atoms with van der Waals surface area (Å²) in [6.45, 7) is 0. The zero-order valence-corrected chi connectivity index (χ0v) is 11.4. The Balaban J connectivity index is 2.23. The highest BCUT2D eigenvalue weighted by Crippen LogP contribution is 2.29. The summed E-state index contributed by atoms with van der Waals surface area (Å²) in [6, 6.07) is 0.553. The lowest BCUT2D eigenvalue weighted by Crippen LogP contribution is -2.32. The predicted octanol–water partition coefficient (Wildman–Crippen LogP) is 2.83. The van der Waals surface area contributed by atoms with Crippen molar-refractivity contribution in [3.05, 3.63) is 16.0 Å². The summed E-state index contributed by atoms with van der Waals surface area (Å²) >= 11 is 11.2. The standard InChI is InChI=1S/C9H11BrClN3S/c1-14(6-2-3-15-5-6)8-7(10)4-12-9(11)13-8/h4,6H,2-3,5H2,1H3. The van der Waals surface area contributed by atoms with Crippen LogP contribution in [0.2, 0.25) is 5.28 Å². The lowest BCUT2D eigenvalue weighted by atomic mass is 10.2. The van der Waals surface area contributed by atoms with Crippen LogP contribution in [0.3, 0.4) is 0 Å². The summed E-state index contributed by atoms with van der Waals surface area (Å²) in [7, 11) is 2.06. The Hall–Kier alpha value is -0.000000000000000111. The van der Waals surface area contributed by atoms with Gasteiger partial charge in [-0.15, -0.1) is 0 Å². The zero-order valence-electron chi connectivity index (χ0n) is 8.28. The van der Waals surface area contributed by atoms with Gasteiger partial charge in [-0.1, -0.05) is 0 Å². The van der Waals surface area contributed by atoms with Crippen LogP contribution < -0.4 is 4.90 Å². The van der Waals surface area contributed by atoms with E-state index in [4.69, 9.17) is 11.6 Å².